The van der Waals surface area contributed by atoms with Crippen LogP contribution in [-0.4, -0.2) is 10.7 Å². The molecule has 0 N–H and O–H groups in total. The van der Waals surface area contributed by atoms with Gasteiger partial charge < -0.3 is 5.53 Å². The Labute approximate surface area is 227 Å². The molecule has 200 valence electrons. The number of hydrogen-bond acceptors (Lipinski definition) is 0. The van der Waals surface area contributed by atoms with E-state index < -0.39 is 0 Å². The molecule has 2 heteroatoms. The average Bonchev–Trinajstić information content (AvgIpc) is 2.93. The Morgan fingerprint density at radius 2 is 1.32 bits per heavy atom. The maximum atomic E-state index is 9.55. The zero-order valence-corrected chi connectivity index (χ0v) is 24.1. The highest BCUT2D eigenvalue weighted by Crippen LogP contribution is 2.35. The fourth-order valence-electron chi connectivity index (χ4n) is 5.04. The third kappa shape index (κ3) is 10.7. The molecule has 2 aromatic carbocycles. The summed E-state index contributed by atoms with van der Waals surface area (Å²) in [7, 11) is 0. The largest absolute Gasteiger partial charge is 0.348 e. The summed E-state index contributed by atoms with van der Waals surface area (Å²) < 4.78 is 0. The minimum atomic E-state index is 0.885. The molecule has 0 atom stereocenters. The van der Waals surface area contributed by atoms with Gasteiger partial charge >= 0.3 is 5.87 Å². The van der Waals surface area contributed by atoms with Gasteiger partial charge in [0.1, 0.15) is 0 Å². The van der Waals surface area contributed by atoms with Gasteiger partial charge in [-0.1, -0.05) is 121 Å². The molecule has 2 aromatic rings. The van der Waals surface area contributed by atoms with E-state index in [0.29, 0.717) is 0 Å². The number of allylic oxidation sites excluding steroid dienone is 2. The van der Waals surface area contributed by atoms with Crippen LogP contribution in [0.25, 0.3) is 11.1 Å². The van der Waals surface area contributed by atoms with Gasteiger partial charge in [0.25, 0.3) is 0 Å². The van der Waals surface area contributed by atoms with Gasteiger partial charge in [0, 0.05) is 0 Å². The van der Waals surface area contributed by atoms with Crippen molar-refractivity contribution < 1.29 is 4.79 Å². The predicted octanol–water partition coefficient (Wildman–Crippen LogP) is 10.6. The van der Waals surface area contributed by atoms with Crippen LogP contribution in [0.5, 0.6) is 0 Å². The minimum Gasteiger partial charge on any atom is -0.348 e. The topological polar surface area (TPSA) is 36.4 Å². The summed E-state index contributed by atoms with van der Waals surface area (Å²) in [6.45, 7) is 8.99. The van der Waals surface area contributed by atoms with E-state index in [1.165, 1.54) is 84.8 Å². The van der Waals surface area contributed by atoms with E-state index >= 15 is 0 Å². The molecule has 0 unspecified atom stereocenters. The van der Waals surface area contributed by atoms with Crippen LogP contribution in [0.3, 0.4) is 0 Å². The van der Waals surface area contributed by atoms with Gasteiger partial charge in [-0.2, -0.15) is 0 Å². The summed E-state index contributed by atoms with van der Waals surface area (Å²) in [6, 6.07) is 18.4. The van der Waals surface area contributed by atoms with Crippen LogP contribution < -0.4 is 0 Å². The van der Waals surface area contributed by atoms with Crippen molar-refractivity contribution in [2.24, 2.45) is 0 Å². The minimum absolute atomic E-state index is 0.885. The first-order chi connectivity index (χ1) is 18.2. The van der Waals surface area contributed by atoms with E-state index in [2.05, 4.69) is 86.9 Å². The van der Waals surface area contributed by atoms with Crippen molar-refractivity contribution in [3.63, 3.8) is 0 Å². The van der Waals surface area contributed by atoms with E-state index in [4.69, 9.17) is 0 Å². The quantitative estimate of drug-likeness (QED) is 0.0644. The molecular formula is C35H50N2. The molecule has 0 amide bonds. The highest BCUT2D eigenvalue weighted by molar-refractivity contribution is 5.87. The monoisotopic (exact) mass is 498 g/mol. The van der Waals surface area contributed by atoms with Crippen molar-refractivity contribution in [2.45, 2.75) is 124 Å². The van der Waals surface area contributed by atoms with Gasteiger partial charge in [-0.25, -0.2) is 0 Å². The predicted molar refractivity (Wildman–Crippen MR) is 161 cm³/mol. The van der Waals surface area contributed by atoms with Crippen LogP contribution in [0.2, 0.25) is 0 Å². The smallest absolute Gasteiger partial charge is 0.303 e. The molecule has 37 heavy (non-hydrogen) atoms. The molecule has 0 heterocycles. The second kappa shape index (κ2) is 18.6. The first-order valence-corrected chi connectivity index (χ1v) is 15.1. The van der Waals surface area contributed by atoms with Crippen LogP contribution in [-0.2, 0) is 12.8 Å². The standard InChI is InChI=1S/C35H50N2/c1-5-9-13-15-18-29-23-25-31(26-24-29)35(32-21-16-19-30(27-32)17-11-7-3)34(22-14-10-6-2)33(28-37-36)20-12-8-4/h16,19,21,23-27H,5-15,17-18,20,22H2,1-4H3. The van der Waals surface area contributed by atoms with Crippen molar-refractivity contribution in [3.8, 4) is 0 Å². The van der Waals surface area contributed by atoms with Crippen molar-refractivity contribution >= 4 is 11.4 Å². The summed E-state index contributed by atoms with van der Waals surface area (Å²) in [4.78, 5) is 3.41. The van der Waals surface area contributed by atoms with Crippen molar-refractivity contribution in [3.05, 3.63) is 87.5 Å². The van der Waals surface area contributed by atoms with E-state index in [0.717, 1.165) is 50.5 Å². The van der Waals surface area contributed by atoms with Gasteiger partial charge in [-0.3, -0.25) is 0 Å². The summed E-state index contributed by atoms with van der Waals surface area (Å²) >= 11 is 0. The zero-order valence-electron chi connectivity index (χ0n) is 24.1. The van der Waals surface area contributed by atoms with Gasteiger partial charge in [-0.15, -0.1) is 4.79 Å². The van der Waals surface area contributed by atoms with Crippen molar-refractivity contribution in [1.82, 2.24) is 0 Å². The van der Waals surface area contributed by atoms with E-state index in [-0.39, 0.29) is 0 Å². The molecule has 2 nitrogen and oxygen atoms in total. The molecule has 0 radical (unpaired) electrons. The van der Waals surface area contributed by atoms with Gasteiger partial charge in [0.05, 0.1) is 5.57 Å². The van der Waals surface area contributed by atoms with E-state index in [9.17, 15) is 5.53 Å². The molecule has 0 saturated heterocycles. The molecule has 0 saturated carbocycles. The maximum Gasteiger partial charge on any atom is 0.303 e. The Balaban J connectivity index is 2.64. The van der Waals surface area contributed by atoms with Crippen LogP contribution in [0.4, 0.5) is 0 Å². The van der Waals surface area contributed by atoms with Crippen molar-refractivity contribution in [2.75, 3.05) is 0 Å². The van der Waals surface area contributed by atoms with Crippen molar-refractivity contribution in [1.29, 1.82) is 0 Å². The Morgan fingerprint density at radius 1 is 0.649 bits per heavy atom. The normalized spacial score (nSPS) is 11.6. The molecule has 0 bridgehead atoms. The van der Waals surface area contributed by atoms with Crippen LogP contribution in [0.1, 0.15) is 133 Å². The molecule has 0 aliphatic carbocycles. The summed E-state index contributed by atoms with van der Waals surface area (Å²) in [6.07, 6.45) is 17.4. The molecule has 0 aliphatic rings. The summed E-state index contributed by atoms with van der Waals surface area (Å²) in [5.74, 6) is 3.00. The SMILES string of the molecule is CCCCCCc1ccc(C(=C(CCCCC)C(=C=[N+]=[N-])CCCC)c2cccc(CCCC)c2)cc1. The number of rotatable bonds is 18. The molecule has 2 rings (SSSR count). The van der Waals surface area contributed by atoms with Gasteiger partial charge in [0.15, 0.2) is 0 Å². The molecule has 0 aromatic heterocycles. The Bertz CT molecular complexity index is 1030. The number of benzene rings is 2. The average molecular weight is 499 g/mol. The number of nitrogens with zero attached hydrogens (tertiary/aromatic N) is 2. The lowest BCUT2D eigenvalue weighted by Gasteiger charge is -2.18. The number of unbranched alkanes of at least 4 members (excludes halogenated alkanes) is 7. The van der Waals surface area contributed by atoms with E-state index in [1.807, 2.05) is 0 Å². The summed E-state index contributed by atoms with van der Waals surface area (Å²) in [5.41, 5.74) is 18.5. The zero-order chi connectivity index (χ0) is 26.7. The fourth-order valence-corrected chi connectivity index (χ4v) is 5.04. The third-order valence-electron chi connectivity index (χ3n) is 7.26. The first-order valence-electron chi connectivity index (χ1n) is 15.1. The van der Waals surface area contributed by atoms with Crippen LogP contribution in [0, 0.1) is 0 Å². The molecule has 0 aliphatic heterocycles. The van der Waals surface area contributed by atoms with Crippen LogP contribution >= 0.6 is 0 Å². The Hall–Kier alpha value is -2.66. The molecular weight excluding hydrogens is 448 g/mol. The second-order valence-electron chi connectivity index (χ2n) is 10.4. The van der Waals surface area contributed by atoms with Gasteiger partial charge in [-0.05, 0) is 84.8 Å². The van der Waals surface area contributed by atoms with Crippen LogP contribution in [0.15, 0.2) is 59.7 Å². The second-order valence-corrected chi connectivity index (χ2v) is 10.4. The highest BCUT2D eigenvalue weighted by atomic mass is 14.8. The lowest BCUT2D eigenvalue weighted by Crippen LogP contribution is -2.02. The first kappa shape index (κ1) is 30.6. The Morgan fingerprint density at radius 3 is 2.00 bits per heavy atom. The summed E-state index contributed by atoms with van der Waals surface area (Å²) in [5, 5.41) is 0. The van der Waals surface area contributed by atoms with Gasteiger partial charge in [0.2, 0.25) is 0 Å². The molecule has 0 spiro atoms. The number of aryl methyl sites for hydroxylation is 2. The molecule has 0 fully saturated rings. The fraction of sp³-hybridized carbons (Fsp3) is 0.543. The third-order valence-corrected chi connectivity index (χ3v) is 7.26. The lowest BCUT2D eigenvalue weighted by atomic mass is 9.84. The highest BCUT2D eigenvalue weighted by Gasteiger charge is 2.18. The lowest BCUT2D eigenvalue weighted by molar-refractivity contribution is 0.00739. The number of hydrogen-bond donors (Lipinski definition) is 0. The maximum absolute atomic E-state index is 9.55. The van der Waals surface area contributed by atoms with E-state index in [1.54, 1.807) is 0 Å². The Kier molecular flexibility index (Phi) is 15.3.